The number of carbonyl (C=O) groups excluding carboxylic acids is 1. The molecule has 7 heteroatoms. The van der Waals surface area contributed by atoms with Gasteiger partial charge in [0.25, 0.3) is 5.56 Å². The summed E-state index contributed by atoms with van der Waals surface area (Å²) in [7, 11) is 0. The van der Waals surface area contributed by atoms with Crippen molar-refractivity contribution in [2.75, 3.05) is 0 Å². The van der Waals surface area contributed by atoms with Crippen LogP contribution in [0.2, 0.25) is 0 Å². The van der Waals surface area contributed by atoms with Gasteiger partial charge in [0.05, 0.1) is 12.4 Å². The SMILES string of the molecule is CC(NC(=O)Cn1cnc2c(oc3ccccc32)c1=O)c1ccccc1Br. The predicted molar refractivity (Wildman–Crippen MR) is 106 cm³/mol. The largest absolute Gasteiger partial charge is 0.448 e. The molecule has 0 saturated heterocycles. The quantitative estimate of drug-likeness (QED) is 0.539. The minimum absolute atomic E-state index is 0.131. The third-order valence-corrected chi connectivity index (χ3v) is 5.14. The molecule has 1 atom stereocenters. The van der Waals surface area contributed by atoms with Gasteiger partial charge >= 0.3 is 0 Å². The maximum Gasteiger partial charge on any atom is 0.297 e. The fourth-order valence-corrected chi connectivity index (χ4v) is 3.70. The number of halogens is 1. The molecule has 6 nitrogen and oxygen atoms in total. The highest BCUT2D eigenvalue weighted by atomic mass is 79.9. The molecule has 0 spiro atoms. The minimum Gasteiger partial charge on any atom is -0.448 e. The summed E-state index contributed by atoms with van der Waals surface area (Å²) in [6.45, 7) is 1.76. The van der Waals surface area contributed by atoms with Gasteiger partial charge in [-0.25, -0.2) is 4.98 Å². The standard InChI is InChI=1S/C20H16BrN3O3/c1-12(13-6-2-4-8-15(13)21)23-17(25)10-24-11-22-18-14-7-3-5-9-16(14)27-19(18)20(24)26/h2-9,11-12H,10H2,1H3,(H,23,25). The van der Waals surface area contributed by atoms with Gasteiger partial charge in [-0.3, -0.25) is 14.2 Å². The molecule has 4 aromatic rings. The Hall–Kier alpha value is -2.93. The van der Waals surface area contributed by atoms with Crippen LogP contribution in [0.4, 0.5) is 0 Å². The molecule has 27 heavy (non-hydrogen) atoms. The fourth-order valence-electron chi connectivity index (χ4n) is 3.07. The highest BCUT2D eigenvalue weighted by Crippen LogP contribution is 2.24. The van der Waals surface area contributed by atoms with Crippen LogP contribution in [0.1, 0.15) is 18.5 Å². The molecule has 4 rings (SSSR count). The maximum absolute atomic E-state index is 12.7. The molecule has 0 fully saturated rings. The lowest BCUT2D eigenvalue weighted by atomic mass is 10.1. The smallest absolute Gasteiger partial charge is 0.297 e. The highest BCUT2D eigenvalue weighted by molar-refractivity contribution is 9.10. The van der Waals surface area contributed by atoms with E-state index in [-0.39, 0.29) is 29.6 Å². The number of carbonyl (C=O) groups is 1. The van der Waals surface area contributed by atoms with Gasteiger partial charge in [-0.1, -0.05) is 46.3 Å². The zero-order valence-corrected chi connectivity index (χ0v) is 16.1. The Labute approximate surface area is 162 Å². The molecule has 0 bridgehead atoms. The van der Waals surface area contributed by atoms with Crippen molar-refractivity contribution in [1.29, 1.82) is 0 Å². The number of hydrogen-bond acceptors (Lipinski definition) is 4. The van der Waals surface area contributed by atoms with E-state index in [0.29, 0.717) is 11.1 Å². The van der Waals surface area contributed by atoms with E-state index in [1.165, 1.54) is 10.9 Å². The van der Waals surface area contributed by atoms with Gasteiger partial charge in [0, 0.05) is 9.86 Å². The van der Waals surface area contributed by atoms with Gasteiger partial charge in [-0.2, -0.15) is 0 Å². The molecule has 0 aliphatic carbocycles. The molecular weight excluding hydrogens is 410 g/mol. The number of hydrogen-bond donors (Lipinski definition) is 1. The molecule has 2 aromatic heterocycles. The number of fused-ring (bicyclic) bond motifs is 3. The second-order valence-electron chi connectivity index (χ2n) is 6.26. The van der Waals surface area contributed by atoms with Crippen LogP contribution in [0.3, 0.4) is 0 Å². The summed E-state index contributed by atoms with van der Waals surface area (Å²) >= 11 is 3.48. The number of furan rings is 1. The molecule has 0 saturated carbocycles. The first-order chi connectivity index (χ1) is 13.0. The highest BCUT2D eigenvalue weighted by Gasteiger charge is 2.16. The maximum atomic E-state index is 12.7. The predicted octanol–water partition coefficient (Wildman–Crippen LogP) is 3.78. The molecule has 1 unspecified atom stereocenters. The number of nitrogens with one attached hydrogen (secondary N) is 1. The van der Waals surface area contributed by atoms with Crippen molar-refractivity contribution in [2.24, 2.45) is 0 Å². The lowest BCUT2D eigenvalue weighted by Crippen LogP contribution is -2.34. The van der Waals surface area contributed by atoms with Crippen molar-refractivity contribution in [3.05, 3.63) is 75.2 Å². The van der Waals surface area contributed by atoms with Gasteiger partial charge in [-0.15, -0.1) is 0 Å². The van der Waals surface area contributed by atoms with E-state index in [1.807, 2.05) is 49.4 Å². The van der Waals surface area contributed by atoms with Gasteiger partial charge in [0.1, 0.15) is 17.6 Å². The molecule has 1 N–H and O–H groups in total. The monoisotopic (exact) mass is 425 g/mol. The van der Waals surface area contributed by atoms with E-state index < -0.39 is 0 Å². The Morgan fingerprint density at radius 3 is 2.78 bits per heavy atom. The fraction of sp³-hybridized carbons (Fsp3) is 0.150. The van der Waals surface area contributed by atoms with Gasteiger partial charge in [0.15, 0.2) is 0 Å². The van der Waals surface area contributed by atoms with Crippen molar-refractivity contribution in [1.82, 2.24) is 14.9 Å². The molecule has 2 aromatic carbocycles. The topological polar surface area (TPSA) is 77.1 Å². The first-order valence-electron chi connectivity index (χ1n) is 8.45. The number of nitrogens with zero attached hydrogens (tertiary/aromatic N) is 2. The Balaban J connectivity index is 1.59. The van der Waals surface area contributed by atoms with E-state index in [0.717, 1.165) is 15.4 Å². The summed E-state index contributed by atoms with van der Waals surface area (Å²) in [5, 5.41) is 3.68. The number of para-hydroxylation sites is 1. The zero-order valence-electron chi connectivity index (χ0n) is 14.5. The van der Waals surface area contributed by atoms with Crippen LogP contribution in [-0.4, -0.2) is 15.5 Å². The Kier molecular flexibility index (Phi) is 4.53. The number of rotatable bonds is 4. The molecule has 0 radical (unpaired) electrons. The van der Waals surface area contributed by atoms with Crippen molar-refractivity contribution in [3.63, 3.8) is 0 Å². The lowest BCUT2D eigenvalue weighted by Gasteiger charge is -2.16. The van der Waals surface area contributed by atoms with Gasteiger partial charge in [0.2, 0.25) is 11.5 Å². The average Bonchev–Trinajstić information content (AvgIpc) is 3.04. The van der Waals surface area contributed by atoms with E-state index >= 15 is 0 Å². The molecule has 2 heterocycles. The van der Waals surface area contributed by atoms with E-state index in [1.54, 1.807) is 6.07 Å². The second-order valence-corrected chi connectivity index (χ2v) is 7.12. The summed E-state index contributed by atoms with van der Waals surface area (Å²) in [4.78, 5) is 29.4. The van der Waals surface area contributed by atoms with Crippen LogP contribution in [0.15, 0.2) is 68.5 Å². The van der Waals surface area contributed by atoms with Crippen LogP contribution in [-0.2, 0) is 11.3 Å². The van der Waals surface area contributed by atoms with Crippen LogP contribution in [0.25, 0.3) is 22.1 Å². The molecule has 136 valence electrons. The normalized spacial score (nSPS) is 12.4. The Morgan fingerprint density at radius 2 is 1.96 bits per heavy atom. The molecule has 0 aliphatic rings. The first kappa shape index (κ1) is 17.5. The van der Waals surface area contributed by atoms with Crippen LogP contribution >= 0.6 is 15.9 Å². The third-order valence-electron chi connectivity index (χ3n) is 4.41. The zero-order chi connectivity index (χ0) is 19.0. The van der Waals surface area contributed by atoms with E-state index in [2.05, 4.69) is 26.2 Å². The number of aromatic nitrogens is 2. The van der Waals surface area contributed by atoms with Crippen molar-refractivity contribution in [2.45, 2.75) is 19.5 Å². The Morgan fingerprint density at radius 1 is 1.22 bits per heavy atom. The summed E-state index contributed by atoms with van der Waals surface area (Å²) in [5.41, 5.74) is 1.85. The van der Waals surface area contributed by atoms with Gasteiger partial charge < -0.3 is 9.73 Å². The lowest BCUT2D eigenvalue weighted by molar-refractivity contribution is -0.122. The van der Waals surface area contributed by atoms with Crippen LogP contribution < -0.4 is 10.9 Å². The van der Waals surface area contributed by atoms with E-state index in [4.69, 9.17) is 4.42 Å². The number of amides is 1. The molecule has 0 aliphatic heterocycles. The summed E-state index contributed by atoms with van der Waals surface area (Å²) in [6, 6.07) is 14.8. The second kappa shape index (κ2) is 7.00. The van der Waals surface area contributed by atoms with Crippen LogP contribution in [0, 0.1) is 0 Å². The summed E-state index contributed by atoms with van der Waals surface area (Å²) in [6.07, 6.45) is 1.38. The molecule has 1 amide bonds. The molecular formula is C20H16BrN3O3. The van der Waals surface area contributed by atoms with Crippen LogP contribution in [0.5, 0.6) is 0 Å². The average molecular weight is 426 g/mol. The van der Waals surface area contributed by atoms with Crippen molar-refractivity contribution >= 4 is 43.9 Å². The Bertz CT molecular complexity index is 1210. The summed E-state index contributed by atoms with van der Waals surface area (Å²) < 4.78 is 7.81. The third kappa shape index (κ3) is 3.26. The number of benzene rings is 2. The summed E-state index contributed by atoms with van der Waals surface area (Å²) in [5.74, 6) is -0.280. The van der Waals surface area contributed by atoms with Crippen molar-refractivity contribution < 1.29 is 9.21 Å². The van der Waals surface area contributed by atoms with Gasteiger partial charge in [-0.05, 0) is 30.7 Å². The van der Waals surface area contributed by atoms with Crippen molar-refractivity contribution in [3.8, 4) is 0 Å². The van der Waals surface area contributed by atoms with E-state index in [9.17, 15) is 9.59 Å². The first-order valence-corrected chi connectivity index (χ1v) is 9.24. The minimum atomic E-state index is -0.375.